The van der Waals surface area contributed by atoms with Crippen molar-refractivity contribution in [1.82, 2.24) is 15.3 Å². The summed E-state index contributed by atoms with van der Waals surface area (Å²) in [6.07, 6.45) is 5.89. The maximum atomic E-state index is 12.8. The van der Waals surface area contributed by atoms with Crippen molar-refractivity contribution in [2.45, 2.75) is 38.6 Å². The summed E-state index contributed by atoms with van der Waals surface area (Å²) >= 11 is 12.6. The smallest absolute Gasteiger partial charge is 0.251 e. The van der Waals surface area contributed by atoms with Crippen LogP contribution >= 0.6 is 23.2 Å². The molecule has 0 saturated carbocycles. The normalized spacial score (nSPS) is 15.0. The molecule has 0 unspecified atom stereocenters. The minimum Gasteiger partial charge on any atom is -0.342 e. The van der Waals surface area contributed by atoms with E-state index in [0.29, 0.717) is 27.1 Å². The lowest BCUT2D eigenvalue weighted by atomic mass is 9.95. The molecule has 1 atom stereocenters. The van der Waals surface area contributed by atoms with Crippen molar-refractivity contribution < 1.29 is 4.79 Å². The van der Waals surface area contributed by atoms with Gasteiger partial charge in [-0.05, 0) is 74.6 Å². The van der Waals surface area contributed by atoms with Gasteiger partial charge in [0.15, 0.2) is 0 Å². The van der Waals surface area contributed by atoms with Crippen molar-refractivity contribution in [1.29, 1.82) is 0 Å². The molecule has 1 heterocycles. The topological polar surface area (TPSA) is 87.0 Å². The number of allylic oxidation sites excluding steroid dienone is 3. The first-order chi connectivity index (χ1) is 15.4. The summed E-state index contributed by atoms with van der Waals surface area (Å²) in [5.74, 6) is 6.78. The van der Waals surface area contributed by atoms with E-state index >= 15 is 0 Å². The molecule has 1 aliphatic rings. The van der Waals surface area contributed by atoms with Crippen LogP contribution in [0.3, 0.4) is 0 Å². The molecule has 1 amide bonds. The molecule has 32 heavy (non-hydrogen) atoms. The molecule has 0 saturated heterocycles. The second-order valence-electron chi connectivity index (χ2n) is 7.90. The van der Waals surface area contributed by atoms with Gasteiger partial charge in [-0.1, -0.05) is 35.9 Å². The third kappa shape index (κ3) is 4.53. The summed E-state index contributed by atoms with van der Waals surface area (Å²) in [5.41, 5.74) is 4.86. The van der Waals surface area contributed by atoms with E-state index in [2.05, 4.69) is 21.9 Å². The molecule has 3 aromatic rings. The highest BCUT2D eigenvalue weighted by Gasteiger charge is 2.20. The standard InChI is InChI=1S/C24H25Cl2N5O/c1-3-15-6-4-5-7-21(15)31(27)22-11-8-16(12-18(22)26)24(32)28-14(2)23-29-19-10-9-17(25)13-20(19)30-23/h3,8-14H,1,4-7,27H2,2H3,(H,28,32)(H,29,30)/t14-/m0/s1. The number of nitrogens with zero attached hydrogens (tertiary/aromatic N) is 2. The molecule has 166 valence electrons. The van der Waals surface area contributed by atoms with Crippen LogP contribution in [0.2, 0.25) is 10.0 Å². The van der Waals surface area contributed by atoms with E-state index in [0.717, 1.165) is 48.0 Å². The number of rotatable bonds is 6. The summed E-state index contributed by atoms with van der Waals surface area (Å²) in [6.45, 7) is 5.76. The number of halogens is 2. The lowest BCUT2D eigenvalue weighted by Gasteiger charge is -2.28. The number of fused-ring (bicyclic) bond motifs is 1. The van der Waals surface area contributed by atoms with Gasteiger partial charge in [-0.15, -0.1) is 0 Å². The number of H-pyrrole nitrogens is 1. The predicted molar refractivity (Wildman–Crippen MR) is 131 cm³/mol. The highest BCUT2D eigenvalue weighted by molar-refractivity contribution is 6.33. The maximum Gasteiger partial charge on any atom is 0.251 e. The van der Waals surface area contributed by atoms with Crippen LogP contribution in [0.1, 0.15) is 54.8 Å². The number of aromatic nitrogens is 2. The van der Waals surface area contributed by atoms with Crippen LogP contribution in [-0.2, 0) is 0 Å². The van der Waals surface area contributed by atoms with E-state index in [1.54, 1.807) is 35.3 Å². The quantitative estimate of drug-likeness (QED) is 0.302. The van der Waals surface area contributed by atoms with Gasteiger partial charge < -0.3 is 10.3 Å². The fraction of sp³-hybridized carbons (Fsp3) is 0.250. The fourth-order valence-corrected chi connectivity index (χ4v) is 4.39. The number of aromatic amines is 1. The lowest BCUT2D eigenvalue weighted by molar-refractivity contribution is 0.0938. The average molecular weight is 470 g/mol. The zero-order chi connectivity index (χ0) is 22.8. The first-order valence-corrected chi connectivity index (χ1v) is 11.3. The van der Waals surface area contributed by atoms with Gasteiger partial charge in [0.2, 0.25) is 0 Å². The van der Waals surface area contributed by atoms with Crippen molar-refractivity contribution in [3.8, 4) is 0 Å². The Hall–Kier alpha value is -2.80. The molecule has 2 aromatic carbocycles. The molecule has 6 nitrogen and oxygen atoms in total. The number of anilines is 1. The monoisotopic (exact) mass is 469 g/mol. The first-order valence-electron chi connectivity index (χ1n) is 10.5. The van der Waals surface area contributed by atoms with Crippen LogP contribution in [0.15, 0.2) is 60.3 Å². The molecule has 1 aromatic heterocycles. The molecule has 0 radical (unpaired) electrons. The van der Waals surface area contributed by atoms with Crippen LogP contribution in [0.25, 0.3) is 11.0 Å². The Morgan fingerprint density at radius 3 is 2.78 bits per heavy atom. The van der Waals surface area contributed by atoms with Crippen molar-refractivity contribution in [2.75, 3.05) is 5.01 Å². The third-order valence-electron chi connectivity index (χ3n) is 5.71. The molecule has 8 heteroatoms. The Bertz CT molecular complexity index is 1220. The molecule has 1 aliphatic carbocycles. The van der Waals surface area contributed by atoms with Gasteiger partial charge in [0, 0.05) is 16.3 Å². The van der Waals surface area contributed by atoms with Gasteiger partial charge in [0.25, 0.3) is 5.91 Å². The Morgan fingerprint density at radius 2 is 2.03 bits per heavy atom. The highest BCUT2D eigenvalue weighted by Crippen LogP contribution is 2.33. The van der Waals surface area contributed by atoms with Crippen molar-refractivity contribution in [3.05, 3.63) is 81.8 Å². The molecule has 0 aliphatic heterocycles. The predicted octanol–water partition coefficient (Wildman–Crippen LogP) is 6.05. The van der Waals surface area contributed by atoms with Crippen molar-refractivity contribution >= 4 is 45.8 Å². The molecule has 0 bridgehead atoms. The summed E-state index contributed by atoms with van der Waals surface area (Å²) in [6, 6.07) is 10.2. The van der Waals surface area contributed by atoms with Crippen LogP contribution in [-0.4, -0.2) is 15.9 Å². The number of hydrogen-bond donors (Lipinski definition) is 3. The number of benzene rings is 2. The number of carbonyl (C=O) groups excluding carboxylic acids is 1. The molecular formula is C24H25Cl2N5O. The summed E-state index contributed by atoms with van der Waals surface area (Å²) in [4.78, 5) is 20.6. The van der Waals surface area contributed by atoms with Gasteiger partial charge in [-0.25, -0.2) is 10.8 Å². The minimum absolute atomic E-state index is 0.253. The second kappa shape index (κ2) is 9.36. The molecule has 0 fully saturated rings. The van der Waals surface area contributed by atoms with E-state index in [9.17, 15) is 4.79 Å². The number of carbonyl (C=O) groups is 1. The van der Waals surface area contributed by atoms with E-state index in [1.165, 1.54) is 0 Å². The van der Waals surface area contributed by atoms with Gasteiger partial charge in [0.1, 0.15) is 5.82 Å². The van der Waals surface area contributed by atoms with Crippen LogP contribution in [0.4, 0.5) is 5.69 Å². The summed E-state index contributed by atoms with van der Waals surface area (Å²) in [5, 5.41) is 5.59. The van der Waals surface area contributed by atoms with Gasteiger partial charge in [-0.2, -0.15) is 0 Å². The van der Waals surface area contributed by atoms with Crippen molar-refractivity contribution in [3.63, 3.8) is 0 Å². The van der Waals surface area contributed by atoms with E-state index in [1.807, 2.05) is 19.1 Å². The SMILES string of the molecule is C=CC1=C(N(N)c2ccc(C(=O)N[C@@H](C)c3nc4cc(Cl)ccc4[nH]3)cc2Cl)CCCC1. The maximum absolute atomic E-state index is 12.8. The van der Waals surface area contributed by atoms with E-state index in [-0.39, 0.29) is 11.9 Å². The average Bonchev–Trinajstić information content (AvgIpc) is 3.22. The first kappa shape index (κ1) is 22.4. The van der Waals surface area contributed by atoms with Gasteiger partial charge >= 0.3 is 0 Å². The van der Waals surface area contributed by atoms with E-state index < -0.39 is 0 Å². The Kier molecular flexibility index (Phi) is 6.55. The number of nitrogens with two attached hydrogens (primary N) is 1. The third-order valence-corrected chi connectivity index (χ3v) is 6.25. The fourth-order valence-electron chi connectivity index (χ4n) is 3.95. The Labute approximate surface area is 197 Å². The number of imidazole rings is 1. The largest absolute Gasteiger partial charge is 0.342 e. The number of hydrazine groups is 1. The van der Waals surface area contributed by atoms with Crippen LogP contribution in [0, 0.1) is 0 Å². The summed E-state index contributed by atoms with van der Waals surface area (Å²) < 4.78 is 0. The lowest BCUT2D eigenvalue weighted by Crippen LogP contribution is -2.32. The zero-order valence-corrected chi connectivity index (χ0v) is 19.3. The minimum atomic E-state index is -0.333. The molecule has 0 spiro atoms. The van der Waals surface area contributed by atoms with E-state index in [4.69, 9.17) is 29.0 Å². The van der Waals surface area contributed by atoms with Gasteiger partial charge in [-0.3, -0.25) is 9.80 Å². The number of nitrogens with one attached hydrogen (secondary N) is 2. The highest BCUT2D eigenvalue weighted by atomic mass is 35.5. The van der Waals surface area contributed by atoms with Gasteiger partial charge in [0.05, 0.1) is 27.8 Å². The molecular weight excluding hydrogens is 445 g/mol. The number of amides is 1. The second-order valence-corrected chi connectivity index (χ2v) is 8.74. The summed E-state index contributed by atoms with van der Waals surface area (Å²) in [7, 11) is 0. The Morgan fingerprint density at radius 1 is 1.25 bits per heavy atom. The number of hydrogen-bond acceptors (Lipinski definition) is 4. The van der Waals surface area contributed by atoms with Crippen LogP contribution in [0.5, 0.6) is 0 Å². The van der Waals surface area contributed by atoms with Crippen molar-refractivity contribution in [2.24, 2.45) is 5.84 Å². The van der Waals surface area contributed by atoms with Crippen LogP contribution < -0.4 is 16.2 Å². The molecule has 4 N–H and O–H groups in total. The Balaban J connectivity index is 1.51. The zero-order valence-electron chi connectivity index (χ0n) is 17.8. The molecule has 4 rings (SSSR count).